The van der Waals surface area contributed by atoms with Crippen LogP contribution < -0.4 is 15.7 Å². The fraction of sp³-hybridized carbons (Fsp3) is 0.211. The van der Waals surface area contributed by atoms with Crippen molar-refractivity contribution in [2.45, 2.75) is 19.9 Å². The summed E-state index contributed by atoms with van der Waals surface area (Å²) < 4.78 is 10.7. The highest BCUT2D eigenvalue weighted by atomic mass is 35.5. The zero-order valence-electron chi connectivity index (χ0n) is 14.1. The Morgan fingerprint density at radius 3 is 2.77 bits per heavy atom. The maximum Gasteiger partial charge on any atom is 0.336 e. The van der Waals surface area contributed by atoms with Crippen molar-refractivity contribution in [3.8, 4) is 5.75 Å². The topological polar surface area (TPSA) is 81.4 Å². The first-order valence-electron chi connectivity index (χ1n) is 8.11. The third-order valence-corrected chi connectivity index (χ3v) is 4.16. The van der Waals surface area contributed by atoms with Crippen molar-refractivity contribution in [3.63, 3.8) is 0 Å². The van der Waals surface area contributed by atoms with E-state index in [-0.39, 0.29) is 18.3 Å². The number of nitrogens with zero attached hydrogens (tertiary/aromatic N) is 1. The summed E-state index contributed by atoms with van der Waals surface area (Å²) in [5, 5.41) is 3.85. The Morgan fingerprint density at radius 2 is 2.04 bits per heavy atom. The molecule has 0 bridgehead atoms. The fourth-order valence-electron chi connectivity index (χ4n) is 2.53. The van der Waals surface area contributed by atoms with Crippen molar-refractivity contribution in [1.29, 1.82) is 0 Å². The minimum Gasteiger partial charge on any atom is -0.482 e. The highest BCUT2D eigenvalue weighted by Crippen LogP contribution is 2.31. The highest BCUT2D eigenvalue weighted by Gasteiger charge is 2.12. The number of aryl methyl sites for hydroxylation is 1. The zero-order chi connectivity index (χ0) is 18.5. The maximum atomic E-state index is 12.0. The highest BCUT2D eigenvalue weighted by molar-refractivity contribution is 6.32. The minimum atomic E-state index is -0.433. The number of aromatic nitrogens is 1. The van der Waals surface area contributed by atoms with Crippen LogP contribution in [0, 0.1) is 0 Å². The molecule has 0 unspecified atom stereocenters. The molecule has 6 nitrogen and oxygen atoms in total. The van der Waals surface area contributed by atoms with Gasteiger partial charge in [0.05, 0.1) is 5.02 Å². The van der Waals surface area contributed by atoms with Gasteiger partial charge in [-0.2, -0.15) is 0 Å². The number of pyridine rings is 1. The maximum absolute atomic E-state index is 12.0. The van der Waals surface area contributed by atoms with Gasteiger partial charge in [0.25, 0.3) is 5.91 Å². The lowest BCUT2D eigenvalue weighted by Gasteiger charge is -2.10. The molecule has 1 aromatic carbocycles. The van der Waals surface area contributed by atoms with E-state index in [9.17, 15) is 9.59 Å². The Labute approximate surface area is 154 Å². The van der Waals surface area contributed by atoms with E-state index in [1.807, 2.05) is 19.1 Å². The second-order valence-corrected chi connectivity index (χ2v) is 6.05. The first-order chi connectivity index (χ1) is 12.6. The van der Waals surface area contributed by atoms with Crippen molar-refractivity contribution in [1.82, 2.24) is 10.3 Å². The van der Waals surface area contributed by atoms with Gasteiger partial charge in [-0.05, 0) is 35.7 Å². The summed E-state index contributed by atoms with van der Waals surface area (Å²) in [6, 6.07) is 8.30. The van der Waals surface area contributed by atoms with Gasteiger partial charge in [-0.25, -0.2) is 4.79 Å². The molecule has 0 aliphatic carbocycles. The molecular formula is C19H17ClN2O4. The minimum absolute atomic E-state index is 0.200. The Balaban J connectivity index is 1.69. The van der Waals surface area contributed by atoms with E-state index in [4.69, 9.17) is 20.8 Å². The first kappa shape index (κ1) is 17.9. The van der Waals surface area contributed by atoms with Crippen LogP contribution in [0.3, 0.4) is 0 Å². The lowest BCUT2D eigenvalue weighted by Crippen LogP contribution is -2.28. The van der Waals surface area contributed by atoms with Crippen molar-refractivity contribution < 1.29 is 13.9 Å². The molecule has 0 aliphatic heterocycles. The molecule has 1 amide bonds. The van der Waals surface area contributed by atoms with Crippen molar-refractivity contribution in [3.05, 3.63) is 69.3 Å². The fourth-order valence-corrected chi connectivity index (χ4v) is 2.74. The molecule has 7 heteroatoms. The molecule has 26 heavy (non-hydrogen) atoms. The number of hydrogen-bond acceptors (Lipinski definition) is 5. The average Bonchev–Trinajstić information content (AvgIpc) is 2.65. The predicted octanol–water partition coefficient (Wildman–Crippen LogP) is 3.10. The summed E-state index contributed by atoms with van der Waals surface area (Å²) in [6.45, 7) is 2.12. The van der Waals surface area contributed by atoms with Crippen LogP contribution in [0.5, 0.6) is 5.75 Å². The number of benzene rings is 1. The summed E-state index contributed by atoms with van der Waals surface area (Å²) >= 11 is 6.24. The van der Waals surface area contributed by atoms with E-state index in [0.717, 1.165) is 16.5 Å². The van der Waals surface area contributed by atoms with Crippen LogP contribution in [0.15, 0.2) is 51.9 Å². The van der Waals surface area contributed by atoms with Crippen LogP contribution in [-0.2, 0) is 17.8 Å². The van der Waals surface area contributed by atoms with Gasteiger partial charge in [-0.15, -0.1) is 0 Å². The lowest BCUT2D eigenvalue weighted by atomic mass is 10.1. The molecule has 3 rings (SSSR count). The monoisotopic (exact) mass is 372 g/mol. The molecule has 2 heterocycles. The van der Waals surface area contributed by atoms with E-state index < -0.39 is 5.63 Å². The van der Waals surface area contributed by atoms with E-state index in [1.165, 1.54) is 12.1 Å². The summed E-state index contributed by atoms with van der Waals surface area (Å²) in [5.41, 5.74) is 1.73. The summed E-state index contributed by atoms with van der Waals surface area (Å²) in [5.74, 6) is -0.00336. The lowest BCUT2D eigenvalue weighted by molar-refractivity contribution is -0.123. The van der Waals surface area contributed by atoms with Crippen molar-refractivity contribution in [2.24, 2.45) is 0 Å². The molecule has 0 saturated carbocycles. The summed E-state index contributed by atoms with van der Waals surface area (Å²) in [4.78, 5) is 27.5. The number of halogens is 1. The van der Waals surface area contributed by atoms with Crippen molar-refractivity contribution >= 4 is 28.5 Å². The van der Waals surface area contributed by atoms with Crippen LogP contribution in [0.2, 0.25) is 5.02 Å². The molecular weight excluding hydrogens is 356 g/mol. The van der Waals surface area contributed by atoms with Crippen LogP contribution in [0.25, 0.3) is 11.0 Å². The smallest absolute Gasteiger partial charge is 0.336 e. The number of rotatable bonds is 6. The van der Waals surface area contributed by atoms with Gasteiger partial charge >= 0.3 is 5.63 Å². The second kappa shape index (κ2) is 8.01. The largest absolute Gasteiger partial charge is 0.482 e. The first-order valence-corrected chi connectivity index (χ1v) is 8.49. The van der Waals surface area contributed by atoms with Gasteiger partial charge in [0.15, 0.2) is 6.61 Å². The van der Waals surface area contributed by atoms with Crippen LogP contribution in [0.1, 0.15) is 18.1 Å². The zero-order valence-corrected chi connectivity index (χ0v) is 14.9. The molecule has 0 spiro atoms. The summed E-state index contributed by atoms with van der Waals surface area (Å²) in [6.07, 6.45) is 3.99. The number of nitrogens with one attached hydrogen (secondary N) is 1. The molecule has 3 aromatic rings. The number of amides is 1. The quantitative estimate of drug-likeness (QED) is 0.672. The van der Waals surface area contributed by atoms with Crippen LogP contribution >= 0.6 is 11.6 Å². The second-order valence-electron chi connectivity index (χ2n) is 5.64. The number of ether oxygens (including phenoxy) is 1. The molecule has 2 aromatic heterocycles. The van der Waals surface area contributed by atoms with Gasteiger partial charge in [-0.3, -0.25) is 9.78 Å². The Bertz CT molecular complexity index is 986. The third-order valence-electron chi connectivity index (χ3n) is 3.86. The van der Waals surface area contributed by atoms with Gasteiger partial charge < -0.3 is 14.5 Å². The van der Waals surface area contributed by atoms with Crippen LogP contribution in [0.4, 0.5) is 0 Å². The van der Waals surface area contributed by atoms with E-state index in [0.29, 0.717) is 23.6 Å². The van der Waals surface area contributed by atoms with Gasteiger partial charge in [0.1, 0.15) is 11.3 Å². The molecule has 134 valence electrons. The molecule has 0 saturated heterocycles. The summed E-state index contributed by atoms with van der Waals surface area (Å²) in [7, 11) is 0. The van der Waals surface area contributed by atoms with Crippen LogP contribution in [-0.4, -0.2) is 17.5 Å². The molecule has 0 aliphatic rings. The molecule has 0 radical (unpaired) electrons. The Kier molecular flexibility index (Phi) is 5.53. The Hall–Kier alpha value is -2.86. The SMILES string of the molecule is CCc1cc(=O)oc2cc(OCC(=O)NCc3ccncc3)c(Cl)cc12. The number of hydrogen-bond donors (Lipinski definition) is 1. The predicted molar refractivity (Wildman–Crippen MR) is 98.5 cm³/mol. The molecule has 1 N–H and O–H groups in total. The normalized spacial score (nSPS) is 10.7. The van der Waals surface area contributed by atoms with E-state index >= 15 is 0 Å². The molecule has 0 atom stereocenters. The average molecular weight is 373 g/mol. The molecule has 0 fully saturated rings. The van der Waals surface area contributed by atoms with Gasteiger partial charge in [0.2, 0.25) is 0 Å². The Morgan fingerprint density at radius 1 is 1.27 bits per heavy atom. The van der Waals surface area contributed by atoms with Gasteiger partial charge in [0, 0.05) is 36.5 Å². The standard InChI is InChI=1S/C19H17ClN2O4/c1-2-13-7-19(24)26-16-9-17(15(20)8-14(13)16)25-11-18(23)22-10-12-3-5-21-6-4-12/h3-9H,2,10-11H2,1H3,(H,22,23). The third kappa shape index (κ3) is 4.21. The number of carbonyl (C=O) groups is 1. The number of fused-ring (bicyclic) bond motifs is 1. The van der Waals surface area contributed by atoms with E-state index in [2.05, 4.69) is 10.3 Å². The van der Waals surface area contributed by atoms with Crippen molar-refractivity contribution in [2.75, 3.05) is 6.61 Å². The van der Waals surface area contributed by atoms with Gasteiger partial charge in [-0.1, -0.05) is 18.5 Å². The number of carbonyl (C=O) groups excluding carboxylic acids is 1. The van der Waals surface area contributed by atoms with E-state index in [1.54, 1.807) is 18.5 Å².